The van der Waals surface area contributed by atoms with Crippen molar-refractivity contribution in [3.8, 4) is 5.69 Å². The first kappa shape index (κ1) is 11.2. The van der Waals surface area contributed by atoms with Gasteiger partial charge in [-0.05, 0) is 28.1 Å². The molecule has 0 amide bonds. The maximum atomic E-state index is 13.4. The summed E-state index contributed by atoms with van der Waals surface area (Å²) in [6, 6.07) is 3.62. The second kappa shape index (κ2) is 4.31. The average molecular weight is 289 g/mol. The highest BCUT2D eigenvalue weighted by molar-refractivity contribution is 9.10. The largest absolute Gasteiger partial charge is 0.390 e. The zero-order valence-corrected chi connectivity index (χ0v) is 9.58. The fraction of sp³-hybridized carbons (Fsp3) is 0.100. The van der Waals surface area contributed by atoms with E-state index < -0.39 is 11.6 Å². The summed E-state index contributed by atoms with van der Waals surface area (Å²) in [5.41, 5.74) is 0.535. The van der Waals surface area contributed by atoms with Crippen molar-refractivity contribution in [2.45, 2.75) is 6.61 Å². The Kier molecular flexibility index (Phi) is 3.02. The number of rotatable bonds is 2. The molecular weight excluding hydrogens is 282 g/mol. The van der Waals surface area contributed by atoms with E-state index in [1.165, 1.54) is 16.9 Å². The molecule has 0 atom stereocenters. The summed E-state index contributed by atoms with van der Waals surface area (Å²) in [7, 11) is 0. The Morgan fingerprint density at radius 1 is 1.31 bits per heavy atom. The van der Waals surface area contributed by atoms with Gasteiger partial charge in [-0.1, -0.05) is 0 Å². The number of halogens is 3. The predicted octanol–water partition coefficient (Wildman–Crippen LogP) is 2.41. The lowest BCUT2D eigenvalue weighted by molar-refractivity contribution is 0.276. The van der Waals surface area contributed by atoms with E-state index in [0.29, 0.717) is 5.69 Å². The summed E-state index contributed by atoms with van der Waals surface area (Å²) < 4.78 is 27.8. The van der Waals surface area contributed by atoms with Crippen LogP contribution in [0.1, 0.15) is 5.69 Å². The van der Waals surface area contributed by atoms with Gasteiger partial charge in [-0.25, -0.2) is 13.5 Å². The molecule has 0 spiro atoms. The average Bonchev–Trinajstić information content (AvgIpc) is 2.71. The Balaban J connectivity index is 2.51. The zero-order valence-electron chi connectivity index (χ0n) is 7.99. The van der Waals surface area contributed by atoms with E-state index in [9.17, 15) is 8.78 Å². The van der Waals surface area contributed by atoms with Crippen molar-refractivity contribution in [3.05, 3.63) is 46.2 Å². The third kappa shape index (κ3) is 1.98. The van der Waals surface area contributed by atoms with Crippen molar-refractivity contribution in [2.75, 3.05) is 0 Å². The summed E-state index contributed by atoms with van der Waals surface area (Å²) in [5.74, 6) is -1.39. The van der Waals surface area contributed by atoms with Gasteiger partial charge in [0.05, 0.1) is 16.8 Å². The van der Waals surface area contributed by atoms with Crippen LogP contribution in [0.15, 0.2) is 28.9 Å². The van der Waals surface area contributed by atoms with Crippen LogP contribution in [0.2, 0.25) is 0 Å². The van der Waals surface area contributed by atoms with E-state index in [-0.39, 0.29) is 16.8 Å². The van der Waals surface area contributed by atoms with Crippen LogP contribution in [0, 0.1) is 11.6 Å². The molecule has 0 saturated carbocycles. The van der Waals surface area contributed by atoms with E-state index in [2.05, 4.69) is 21.0 Å². The molecule has 1 aromatic heterocycles. The Hall–Kier alpha value is -1.27. The molecule has 6 heteroatoms. The molecule has 0 bridgehead atoms. The number of aliphatic hydroxyl groups is 1. The second-order valence-electron chi connectivity index (χ2n) is 3.13. The molecule has 16 heavy (non-hydrogen) atoms. The molecule has 0 aliphatic rings. The summed E-state index contributed by atoms with van der Waals surface area (Å²) >= 11 is 2.97. The highest BCUT2D eigenvalue weighted by atomic mass is 79.9. The minimum absolute atomic E-state index is 0.118. The van der Waals surface area contributed by atoms with Gasteiger partial charge in [0.15, 0.2) is 5.82 Å². The molecule has 0 unspecified atom stereocenters. The van der Waals surface area contributed by atoms with Crippen LogP contribution in [0.3, 0.4) is 0 Å². The topological polar surface area (TPSA) is 38.0 Å². The molecule has 0 fully saturated rings. The zero-order chi connectivity index (χ0) is 11.7. The van der Waals surface area contributed by atoms with Crippen molar-refractivity contribution in [2.24, 2.45) is 0 Å². The first-order chi connectivity index (χ1) is 7.61. The SMILES string of the molecule is OCc1ccn(-c2cc(Br)c(F)cc2F)n1. The van der Waals surface area contributed by atoms with Gasteiger partial charge in [0, 0.05) is 12.3 Å². The van der Waals surface area contributed by atoms with Crippen LogP contribution in [0.25, 0.3) is 5.69 Å². The van der Waals surface area contributed by atoms with Crippen LogP contribution < -0.4 is 0 Å². The lowest BCUT2D eigenvalue weighted by Crippen LogP contribution is -2.00. The van der Waals surface area contributed by atoms with Crippen molar-refractivity contribution in [1.82, 2.24) is 9.78 Å². The Bertz CT molecular complexity index is 528. The molecule has 1 N–H and O–H groups in total. The number of nitrogens with zero attached hydrogens (tertiary/aromatic N) is 2. The molecule has 0 saturated heterocycles. The van der Waals surface area contributed by atoms with Crippen LogP contribution >= 0.6 is 15.9 Å². The monoisotopic (exact) mass is 288 g/mol. The Morgan fingerprint density at radius 2 is 2.06 bits per heavy atom. The molecule has 0 aliphatic carbocycles. The smallest absolute Gasteiger partial charge is 0.151 e. The summed E-state index contributed by atoms with van der Waals surface area (Å²) in [6.07, 6.45) is 1.49. The van der Waals surface area contributed by atoms with Crippen LogP contribution in [-0.2, 0) is 6.61 Å². The Morgan fingerprint density at radius 3 is 2.69 bits per heavy atom. The maximum Gasteiger partial charge on any atom is 0.151 e. The fourth-order valence-electron chi connectivity index (χ4n) is 1.27. The van der Waals surface area contributed by atoms with Crippen molar-refractivity contribution in [3.63, 3.8) is 0 Å². The highest BCUT2D eigenvalue weighted by Crippen LogP contribution is 2.22. The molecule has 2 rings (SSSR count). The summed E-state index contributed by atoms with van der Waals surface area (Å²) in [5, 5.41) is 12.7. The van der Waals surface area contributed by atoms with Gasteiger partial charge in [-0.15, -0.1) is 0 Å². The van der Waals surface area contributed by atoms with E-state index in [0.717, 1.165) is 6.07 Å². The van der Waals surface area contributed by atoms with Gasteiger partial charge in [0.25, 0.3) is 0 Å². The first-order valence-corrected chi connectivity index (χ1v) is 5.21. The molecular formula is C10H7BrF2N2O. The minimum atomic E-state index is -0.715. The minimum Gasteiger partial charge on any atom is -0.390 e. The van der Waals surface area contributed by atoms with Crippen molar-refractivity contribution < 1.29 is 13.9 Å². The van der Waals surface area contributed by atoms with Crippen molar-refractivity contribution in [1.29, 1.82) is 0 Å². The number of hydrogen-bond donors (Lipinski definition) is 1. The van der Waals surface area contributed by atoms with Gasteiger partial charge in [-0.3, -0.25) is 0 Å². The quantitative estimate of drug-likeness (QED) is 0.862. The number of aliphatic hydroxyl groups excluding tert-OH is 1. The van der Waals surface area contributed by atoms with E-state index >= 15 is 0 Å². The van der Waals surface area contributed by atoms with E-state index in [1.54, 1.807) is 6.07 Å². The van der Waals surface area contributed by atoms with Gasteiger partial charge in [0.2, 0.25) is 0 Å². The standard InChI is InChI=1S/C10H7BrF2N2O/c11-7-3-10(9(13)4-8(7)12)15-2-1-6(5-16)14-15/h1-4,16H,5H2. The number of hydrogen-bond acceptors (Lipinski definition) is 2. The molecule has 3 nitrogen and oxygen atoms in total. The second-order valence-corrected chi connectivity index (χ2v) is 3.98. The third-order valence-corrected chi connectivity index (χ3v) is 2.65. The maximum absolute atomic E-state index is 13.4. The first-order valence-electron chi connectivity index (χ1n) is 4.42. The normalized spacial score (nSPS) is 10.8. The van der Waals surface area contributed by atoms with E-state index in [4.69, 9.17) is 5.11 Å². The molecule has 2 aromatic rings. The van der Waals surface area contributed by atoms with Crippen molar-refractivity contribution >= 4 is 15.9 Å². The van der Waals surface area contributed by atoms with Gasteiger partial charge < -0.3 is 5.11 Å². The van der Waals surface area contributed by atoms with E-state index in [1.807, 2.05) is 0 Å². The summed E-state index contributed by atoms with van der Waals surface area (Å²) in [6.45, 7) is -0.225. The van der Waals surface area contributed by atoms with Crippen LogP contribution in [0.5, 0.6) is 0 Å². The molecule has 1 heterocycles. The van der Waals surface area contributed by atoms with Gasteiger partial charge in [-0.2, -0.15) is 5.10 Å². The fourth-order valence-corrected chi connectivity index (χ4v) is 1.60. The third-order valence-electron chi connectivity index (χ3n) is 2.04. The van der Waals surface area contributed by atoms with Crippen LogP contribution in [-0.4, -0.2) is 14.9 Å². The lowest BCUT2D eigenvalue weighted by atomic mass is 10.3. The number of benzene rings is 1. The van der Waals surface area contributed by atoms with Gasteiger partial charge >= 0.3 is 0 Å². The molecule has 0 radical (unpaired) electrons. The highest BCUT2D eigenvalue weighted by Gasteiger charge is 2.10. The molecule has 84 valence electrons. The molecule has 1 aromatic carbocycles. The number of aromatic nitrogens is 2. The summed E-state index contributed by atoms with van der Waals surface area (Å²) in [4.78, 5) is 0. The van der Waals surface area contributed by atoms with Gasteiger partial charge in [0.1, 0.15) is 11.5 Å². The van der Waals surface area contributed by atoms with Crippen LogP contribution in [0.4, 0.5) is 8.78 Å². The Labute approximate surface area is 98.5 Å². The molecule has 0 aliphatic heterocycles. The predicted molar refractivity (Wildman–Crippen MR) is 57.1 cm³/mol. The lowest BCUT2D eigenvalue weighted by Gasteiger charge is -2.04.